The summed E-state index contributed by atoms with van der Waals surface area (Å²) in [6.07, 6.45) is 1.45. The van der Waals surface area contributed by atoms with Gasteiger partial charge in [0.25, 0.3) is 0 Å². The number of aliphatic carboxylic acids is 1. The predicted octanol–water partition coefficient (Wildman–Crippen LogP) is 3.42. The Morgan fingerprint density at radius 3 is 2.26 bits per heavy atom. The number of carbonyl (C=O) groups is 1. The molecule has 1 saturated carbocycles. The Hall–Kier alpha value is -1.51. The van der Waals surface area contributed by atoms with Crippen molar-refractivity contribution in [3.05, 3.63) is 28.8 Å². The summed E-state index contributed by atoms with van der Waals surface area (Å²) in [5.74, 6) is 0.0711. The minimum absolute atomic E-state index is 0.0193. The molecule has 3 nitrogen and oxygen atoms in total. The molecule has 2 rings (SSSR count). The summed E-state index contributed by atoms with van der Waals surface area (Å²) in [6, 6.07) is 4.01. The van der Waals surface area contributed by atoms with Crippen molar-refractivity contribution in [2.45, 2.75) is 51.4 Å². The molecule has 1 aromatic rings. The molecule has 0 spiro atoms. The minimum Gasteiger partial charge on any atom is -0.496 e. The van der Waals surface area contributed by atoms with Gasteiger partial charge in [-0.2, -0.15) is 0 Å². The molecular formula is C16H22O3. The lowest BCUT2D eigenvalue weighted by Crippen LogP contribution is -2.22. The Balaban J connectivity index is 2.58. The first-order chi connectivity index (χ1) is 8.72. The van der Waals surface area contributed by atoms with E-state index in [0.717, 1.165) is 35.3 Å². The van der Waals surface area contributed by atoms with Crippen LogP contribution < -0.4 is 4.74 Å². The fourth-order valence-corrected chi connectivity index (χ4v) is 2.68. The molecule has 0 aromatic heterocycles. The number of benzene rings is 1. The van der Waals surface area contributed by atoms with Crippen LogP contribution in [0.4, 0.5) is 0 Å². The Morgan fingerprint density at radius 1 is 1.32 bits per heavy atom. The van der Waals surface area contributed by atoms with Gasteiger partial charge in [-0.25, -0.2) is 0 Å². The summed E-state index contributed by atoms with van der Waals surface area (Å²) in [6.45, 7) is 8.39. The van der Waals surface area contributed by atoms with E-state index in [-0.39, 0.29) is 5.41 Å². The largest absolute Gasteiger partial charge is 0.496 e. The third-order valence-electron chi connectivity index (χ3n) is 4.03. The van der Waals surface area contributed by atoms with Crippen LogP contribution in [-0.4, -0.2) is 18.2 Å². The van der Waals surface area contributed by atoms with Crippen LogP contribution in [0.2, 0.25) is 0 Å². The monoisotopic (exact) mass is 262 g/mol. The van der Waals surface area contributed by atoms with Gasteiger partial charge in [0.05, 0.1) is 12.5 Å². The van der Waals surface area contributed by atoms with Gasteiger partial charge in [-0.15, -0.1) is 0 Å². The molecular weight excluding hydrogens is 240 g/mol. The van der Waals surface area contributed by atoms with E-state index in [1.165, 1.54) is 0 Å². The van der Waals surface area contributed by atoms with Gasteiger partial charge in [0.15, 0.2) is 0 Å². The highest BCUT2D eigenvalue weighted by Gasteiger charge is 2.52. The van der Waals surface area contributed by atoms with Gasteiger partial charge >= 0.3 is 5.97 Å². The van der Waals surface area contributed by atoms with E-state index in [0.29, 0.717) is 0 Å². The number of methoxy groups -OCH3 is 1. The van der Waals surface area contributed by atoms with E-state index < -0.39 is 11.4 Å². The lowest BCUT2D eigenvalue weighted by atomic mass is 9.82. The van der Waals surface area contributed by atoms with Gasteiger partial charge in [-0.05, 0) is 47.9 Å². The highest BCUT2D eigenvalue weighted by atomic mass is 16.5. The highest BCUT2D eigenvalue weighted by Crippen LogP contribution is 2.51. The Kier molecular flexibility index (Phi) is 3.12. The van der Waals surface area contributed by atoms with Crippen LogP contribution in [0.3, 0.4) is 0 Å². The summed E-state index contributed by atoms with van der Waals surface area (Å²) in [7, 11) is 1.64. The molecule has 0 aliphatic heterocycles. The molecule has 0 amide bonds. The van der Waals surface area contributed by atoms with Gasteiger partial charge in [0, 0.05) is 0 Å². The lowest BCUT2D eigenvalue weighted by molar-refractivity contribution is -0.140. The topological polar surface area (TPSA) is 46.5 Å². The maximum Gasteiger partial charge on any atom is 0.314 e. The van der Waals surface area contributed by atoms with Crippen LogP contribution in [-0.2, 0) is 15.6 Å². The van der Waals surface area contributed by atoms with Crippen LogP contribution in [0.25, 0.3) is 0 Å². The molecule has 0 saturated heterocycles. The number of rotatable bonds is 3. The summed E-state index contributed by atoms with van der Waals surface area (Å²) in [5, 5.41) is 9.43. The first-order valence-corrected chi connectivity index (χ1v) is 6.65. The molecule has 0 atom stereocenters. The standard InChI is InChI=1S/C16H22O3/c1-10-8-12(15(2,3)4)13(19-5)9-11(10)16(6-7-16)14(17)18/h8-9H,6-7H2,1-5H3,(H,17,18). The quantitative estimate of drug-likeness (QED) is 0.908. The molecule has 0 heterocycles. The molecule has 1 N–H and O–H groups in total. The summed E-state index contributed by atoms with van der Waals surface area (Å²) in [4.78, 5) is 11.5. The van der Waals surface area contributed by atoms with Crippen LogP contribution in [0, 0.1) is 6.92 Å². The summed E-state index contributed by atoms with van der Waals surface area (Å²) >= 11 is 0. The normalized spacial score (nSPS) is 17.1. The summed E-state index contributed by atoms with van der Waals surface area (Å²) in [5.41, 5.74) is 2.38. The van der Waals surface area contributed by atoms with Crippen LogP contribution in [0.1, 0.15) is 50.3 Å². The second-order valence-electron chi connectivity index (χ2n) is 6.50. The average molecular weight is 262 g/mol. The van der Waals surface area contributed by atoms with E-state index in [2.05, 4.69) is 26.8 Å². The van der Waals surface area contributed by atoms with Crippen molar-refractivity contribution in [1.29, 1.82) is 0 Å². The zero-order valence-electron chi connectivity index (χ0n) is 12.3. The Morgan fingerprint density at radius 2 is 1.89 bits per heavy atom. The van der Waals surface area contributed by atoms with Crippen LogP contribution in [0.15, 0.2) is 12.1 Å². The first kappa shape index (κ1) is 13.9. The number of hydrogen-bond donors (Lipinski definition) is 1. The number of carboxylic acids is 1. The number of aryl methyl sites for hydroxylation is 1. The van der Waals surface area contributed by atoms with Gasteiger partial charge in [-0.3, -0.25) is 4.79 Å². The number of ether oxygens (including phenoxy) is 1. The van der Waals surface area contributed by atoms with E-state index in [1.807, 2.05) is 13.0 Å². The number of carboxylic acid groups (broad SMARTS) is 1. The minimum atomic E-state index is -0.721. The third-order valence-corrected chi connectivity index (χ3v) is 4.03. The van der Waals surface area contributed by atoms with Gasteiger partial charge < -0.3 is 9.84 Å². The van der Waals surface area contributed by atoms with Crippen molar-refractivity contribution in [3.63, 3.8) is 0 Å². The van der Waals surface area contributed by atoms with Crippen molar-refractivity contribution in [3.8, 4) is 5.75 Å². The molecule has 1 fully saturated rings. The fraction of sp³-hybridized carbons (Fsp3) is 0.562. The van der Waals surface area contributed by atoms with Crippen molar-refractivity contribution >= 4 is 5.97 Å². The predicted molar refractivity (Wildman–Crippen MR) is 75.0 cm³/mol. The molecule has 0 radical (unpaired) electrons. The van der Waals surface area contributed by atoms with Gasteiger partial charge in [-0.1, -0.05) is 26.8 Å². The maximum atomic E-state index is 11.5. The molecule has 19 heavy (non-hydrogen) atoms. The van der Waals surface area contributed by atoms with E-state index in [9.17, 15) is 9.90 Å². The average Bonchev–Trinajstić information content (AvgIpc) is 3.08. The third kappa shape index (κ3) is 2.22. The summed E-state index contributed by atoms with van der Waals surface area (Å²) < 4.78 is 5.48. The van der Waals surface area contributed by atoms with Crippen molar-refractivity contribution in [1.82, 2.24) is 0 Å². The molecule has 1 aliphatic rings. The van der Waals surface area contributed by atoms with Gasteiger partial charge in [0.1, 0.15) is 5.75 Å². The van der Waals surface area contributed by atoms with Crippen molar-refractivity contribution < 1.29 is 14.6 Å². The first-order valence-electron chi connectivity index (χ1n) is 6.65. The van der Waals surface area contributed by atoms with Crippen LogP contribution >= 0.6 is 0 Å². The smallest absolute Gasteiger partial charge is 0.314 e. The number of hydrogen-bond acceptors (Lipinski definition) is 2. The zero-order chi connectivity index (χ0) is 14.4. The second kappa shape index (κ2) is 4.26. The zero-order valence-corrected chi connectivity index (χ0v) is 12.3. The maximum absolute atomic E-state index is 11.5. The molecule has 1 aromatic carbocycles. The van der Waals surface area contributed by atoms with E-state index in [1.54, 1.807) is 7.11 Å². The van der Waals surface area contributed by atoms with E-state index in [4.69, 9.17) is 4.74 Å². The molecule has 0 bridgehead atoms. The Labute approximate surface area is 114 Å². The van der Waals surface area contributed by atoms with Crippen LogP contribution in [0.5, 0.6) is 5.75 Å². The van der Waals surface area contributed by atoms with E-state index >= 15 is 0 Å². The molecule has 1 aliphatic carbocycles. The van der Waals surface area contributed by atoms with Gasteiger partial charge in [0.2, 0.25) is 0 Å². The highest BCUT2D eigenvalue weighted by molar-refractivity contribution is 5.85. The molecule has 3 heteroatoms. The molecule has 104 valence electrons. The van der Waals surface area contributed by atoms with Crippen molar-refractivity contribution in [2.24, 2.45) is 0 Å². The molecule has 0 unspecified atom stereocenters. The second-order valence-corrected chi connectivity index (χ2v) is 6.50. The SMILES string of the molecule is COc1cc(C2(C(=O)O)CC2)c(C)cc1C(C)(C)C. The lowest BCUT2D eigenvalue weighted by Gasteiger charge is -2.25. The van der Waals surface area contributed by atoms with Crippen molar-refractivity contribution in [2.75, 3.05) is 7.11 Å². The fourth-order valence-electron chi connectivity index (χ4n) is 2.68. The Bertz CT molecular complexity index is 520.